The molecule has 1 amide bonds. The van der Waals surface area contributed by atoms with Gasteiger partial charge in [-0.3, -0.25) is 14.4 Å². The van der Waals surface area contributed by atoms with Gasteiger partial charge in [0.1, 0.15) is 41.3 Å². The molecule has 5 aliphatic rings. The van der Waals surface area contributed by atoms with Gasteiger partial charge in [0, 0.05) is 25.2 Å². The first kappa shape index (κ1) is 60.0. The van der Waals surface area contributed by atoms with E-state index in [2.05, 4.69) is 26.1 Å². The number of esters is 4. The second-order valence-electron chi connectivity index (χ2n) is 23.9. The van der Waals surface area contributed by atoms with Gasteiger partial charge in [0.05, 0.1) is 41.8 Å². The Hall–Kier alpha value is -4.67. The number of hydrogen-bond donors (Lipinski definition) is 2. The highest BCUT2D eigenvalue weighted by atomic mass is 28.4. The fourth-order valence-electron chi connectivity index (χ4n) is 13.0. The SMILES string of the molecule is CC[Si](CC)(CC)O[C@H]1C[C@H]2OC[C@@]2(OC(=O)C2CCC2)C2[C@H](OC(=O)c3ccccc3)[C@]3(O)C[C@H](OC(=O)[C@H](O[Si](CC)(CC)CC)[C@@H](NC(=O)OC(C)(C)C)c4ccco4)C(C)=C([C@@H](OC(C)=O)C(=O)[C@@]21C)C3(C)C. The lowest BCUT2D eigenvalue weighted by Crippen LogP contribution is -2.82. The van der Waals surface area contributed by atoms with Gasteiger partial charge in [0.15, 0.2) is 40.2 Å². The number of furan rings is 1. The third kappa shape index (κ3) is 11.0. The Bertz CT molecular complexity index is 2500. The van der Waals surface area contributed by atoms with E-state index in [-0.39, 0.29) is 29.9 Å². The third-order valence-electron chi connectivity index (χ3n) is 18.5. The maximum absolute atomic E-state index is 16.7. The zero-order valence-corrected chi connectivity index (χ0v) is 49.9. The average Bonchev–Trinajstić information content (AvgIpc) is 3.90. The van der Waals surface area contributed by atoms with Crippen LogP contribution in [-0.2, 0) is 56.5 Å². The van der Waals surface area contributed by atoms with E-state index in [0.29, 0.717) is 54.7 Å². The Morgan fingerprint density at radius 1 is 0.857 bits per heavy atom. The number of amides is 1. The van der Waals surface area contributed by atoms with Crippen LogP contribution in [0, 0.1) is 22.7 Å². The average molecular weight is 1110 g/mol. The maximum Gasteiger partial charge on any atom is 0.408 e. The fraction of sp³-hybridized carbons (Fsp3) is 0.690. The molecule has 17 nitrogen and oxygen atoms in total. The molecule has 1 unspecified atom stereocenters. The summed E-state index contributed by atoms with van der Waals surface area (Å²) in [6, 6.07) is 14.1. The minimum absolute atomic E-state index is 0.102. The smallest absolute Gasteiger partial charge is 0.408 e. The predicted molar refractivity (Wildman–Crippen MR) is 289 cm³/mol. The molecule has 1 aromatic carbocycles. The minimum atomic E-state index is -2.79. The van der Waals surface area contributed by atoms with Crippen molar-refractivity contribution in [1.82, 2.24) is 5.32 Å². The lowest BCUT2D eigenvalue weighted by molar-refractivity contribution is -0.346. The Morgan fingerprint density at radius 2 is 1.48 bits per heavy atom. The first-order chi connectivity index (χ1) is 36.2. The van der Waals surface area contributed by atoms with Crippen molar-refractivity contribution in [2.45, 2.75) is 225 Å². The van der Waals surface area contributed by atoms with E-state index >= 15 is 14.4 Å². The number of hydrogen-bond acceptors (Lipinski definition) is 16. The molecule has 2 heterocycles. The molecule has 1 saturated heterocycles. The van der Waals surface area contributed by atoms with E-state index in [1.165, 1.54) is 13.2 Å². The molecule has 77 heavy (non-hydrogen) atoms. The van der Waals surface area contributed by atoms with E-state index in [1.807, 2.05) is 20.8 Å². The molecule has 1 aromatic heterocycles. The molecule has 1 aliphatic heterocycles. The number of rotatable bonds is 20. The van der Waals surface area contributed by atoms with Crippen LogP contribution in [0.2, 0.25) is 36.3 Å². The number of ether oxygens (including phenoxy) is 6. The number of aliphatic hydroxyl groups is 1. The molecule has 7 rings (SSSR count). The highest BCUT2D eigenvalue weighted by Gasteiger charge is 2.79. The van der Waals surface area contributed by atoms with Crippen LogP contribution in [0.1, 0.15) is 151 Å². The third-order valence-corrected chi connectivity index (χ3v) is 27.8. The molecule has 3 saturated carbocycles. The second kappa shape index (κ2) is 22.8. The van der Waals surface area contributed by atoms with Crippen LogP contribution >= 0.6 is 0 Å². The van der Waals surface area contributed by atoms with Gasteiger partial charge < -0.3 is 52.1 Å². The first-order valence-corrected chi connectivity index (χ1v) is 33.1. The van der Waals surface area contributed by atoms with Crippen molar-refractivity contribution in [2.24, 2.45) is 22.7 Å². The summed E-state index contributed by atoms with van der Waals surface area (Å²) in [6.07, 6.45) is -6.04. The minimum Gasteiger partial charge on any atom is -0.467 e. The predicted octanol–water partition coefficient (Wildman–Crippen LogP) is 10.3. The van der Waals surface area contributed by atoms with E-state index < -0.39 is 141 Å². The summed E-state index contributed by atoms with van der Waals surface area (Å²) in [5.74, 6) is -5.36. The molecule has 0 radical (unpaired) electrons. The van der Waals surface area contributed by atoms with Crippen molar-refractivity contribution in [3.8, 4) is 0 Å². The van der Waals surface area contributed by atoms with E-state index in [1.54, 1.807) is 90.9 Å². The van der Waals surface area contributed by atoms with Crippen LogP contribution in [0.25, 0.3) is 0 Å². The van der Waals surface area contributed by atoms with Crippen LogP contribution in [0.15, 0.2) is 64.3 Å². The maximum atomic E-state index is 16.7. The number of benzene rings is 1. The van der Waals surface area contributed by atoms with E-state index in [4.69, 9.17) is 41.7 Å². The summed E-state index contributed by atoms with van der Waals surface area (Å²) in [5, 5.41) is 17.4. The molecule has 2 aromatic rings. The van der Waals surface area contributed by atoms with Crippen molar-refractivity contribution in [3.05, 3.63) is 71.2 Å². The van der Waals surface area contributed by atoms with Gasteiger partial charge in [-0.25, -0.2) is 14.4 Å². The summed E-state index contributed by atoms with van der Waals surface area (Å²) in [4.78, 5) is 89.3. The number of ketones is 1. The quantitative estimate of drug-likeness (QED) is 0.0545. The van der Waals surface area contributed by atoms with Gasteiger partial charge in [0.2, 0.25) is 0 Å². The molecular formula is C58H85NO16Si2. The Labute approximate surface area is 456 Å². The van der Waals surface area contributed by atoms with Gasteiger partial charge in [-0.2, -0.15) is 0 Å². The molecule has 19 heteroatoms. The van der Waals surface area contributed by atoms with Crippen LogP contribution in [-0.4, -0.2) is 118 Å². The number of alkyl carbamates (subject to hydrolysis) is 1. The molecule has 2 bridgehead atoms. The van der Waals surface area contributed by atoms with Crippen LogP contribution in [0.4, 0.5) is 4.79 Å². The number of fused-ring (bicyclic) bond motifs is 5. The van der Waals surface area contributed by atoms with Crippen LogP contribution < -0.4 is 5.32 Å². The topological polar surface area (TPSA) is 222 Å². The molecule has 2 N–H and O–H groups in total. The highest BCUT2D eigenvalue weighted by molar-refractivity contribution is 6.74. The Balaban J connectivity index is 1.49. The van der Waals surface area contributed by atoms with E-state index in [9.17, 15) is 19.5 Å². The zero-order valence-electron chi connectivity index (χ0n) is 47.9. The number of nitrogens with one attached hydrogen (secondary N) is 1. The summed E-state index contributed by atoms with van der Waals surface area (Å²) < 4.78 is 59.2. The van der Waals surface area contributed by atoms with Crippen molar-refractivity contribution < 1.29 is 75.6 Å². The second-order valence-corrected chi connectivity index (χ2v) is 33.3. The molecular weight excluding hydrogens is 1020 g/mol. The van der Waals surface area contributed by atoms with Crippen molar-refractivity contribution >= 4 is 52.4 Å². The standard InChI is InChI=1S/C58H85NO16Si2/c1-15-76(16-2,17-3)74-41-32-42-57(34-68-42,72-51(63)38-28-24-29-38)47-49(71-50(62)37-26-22-21-23-27-37)58(66)33-40(35(7)43(55(58,12)13)45(69-36(8)60)48(61)56(41,47)14)70-52(64)46(75-77(18-4,19-5)20-6)44(39-30-25-31-67-39)59-53(65)73-54(9,10)11/h21-23,25-27,30-31,38,40-42,44-47,49,66H,15-20,24,28-29,32-34H2,1-14H3,(H,59,65)/t40-,41-,42+,44-,45+,46+,47?,49-,56+,57-,58+/m0/s1. The van der Waals surface area contributed by atoms with Gasteiger partial charge in [-0.1, -0.05) is 80.0 Å². The summed E-state index contributed by atoms with van der Waals surface area (Å²) >= 11 is 0. The summed E-state index contributed by atoms with van der Waals surface area (Å²) in [7, 11) is -5.46. The lowest BCUT2D eigenvalue weighted by Gasteiger charge is -2.68. The van der Waals surface area contributed by atoms with Crippen LogP contribution in [0.3, 0.4) is 0 Å². The highest BCUT2D eigenvalue weighted by Crippen LogP contribution is 2.65. The fourth-order valence-corrected chi connectivity index (χ4v) is 18.8. The summed E-state index contributed by atoms with van der Waals surface area (Å²) in [5.41, 5.74) is -7.83. The van der Waals surface area contributed by atoms with Crippen LogP contribution in [0.5, 0.6) is 0 Å². The molecule has 426 valence electrons. The van der Waals surface area contributed by atoms with Crippen molar-refractivity contribution in [3.63, 3.8) is 0 Å². The number of carbonyl (C=O) groups is 6. The normalized spacial score (nSPS) is 29.9. The van der Waals surface area contributed by atoms with E-state index in [0.717, 1.165) is 6.42 Å². The van der Waals surface area contributed by atoms with Crippen molar-refractivity contribution in [1.29, 1.82) is 0 Å². The van der Waals surface area contributed by atoms with Gasteiger partial charge in [-0.15, -0.1) is 0 Å². The summed E-state index contributed by atoms with van der Waals surface area (Å²) in [6.45, 7) is 25.1. The molecule has 0 spiro atoms. The Morgan fingerprint density at radius 3 is 1.99 bits per heavy atom. The number of carbonyl (C=O) groups excluding carboxylic acids is 6. The van der Waals surface area contributed by atoms with Crippen molar-refractivity contribution in [2.75, 3.05) is 6.61 Å². The number of Topliss-reactive ketones (excluding diaryl/α,β-unsaturated/α-hetero) is 1. The molecule has 4 fully saturated rings. The lowest BCUT2D eigenvalue weighted by atomic mass is 9.44. The molecule has 4 aliphatic carbocycles. The zero-order chi connectivity index (χ0) is 56.7. The largest absolute Gasteiger partial charge is 0.467 e. The first-order valence-electron chi connectivity index (χ1n) is 28.0. The Kier molecular flexibility index (Phi) is 17.8. The van der Waals surface area contributed by atoms with Gasteiger partial charge >= 0.3 is 30.0 Å². The monoisotopic (exact) mass is 1110 g/mol. The van der Waals surface area contributed by atoms with Gasteiger partial charge in [-0.05, 0) is 119 Å². The molecule has 11 atom stereocenters. The van der Waals surface area contributed by atoms with Gasteiger partial charge in [0.25, 0.3) is 0 Å².